The highest BCUT2D eigenvalue weighted by molar-refractivity contribution is 9.10. The number of hydrogen-bond donors (Lipinski definition) is 3. The molecule has 0 heterocycles. The Morgan fingerprint density at radius 3 is 2.76 bits per heavy atom. The van der Waals surface area contributed by atoms with E-state index in [0.717, 1.165) is 6.42 Å². The highest BCUT2D eigenvalue weighted by Crippen LogP contribution is 2.34. The number of phenols is 1. The number of carbonyl (C=O) groups excluding carboxylic acids is 2. The topological polar surface area (TPSA) is 100 Å². The Morgan fingerprint density at radius 2 is 2.14 bits per heavy atom. The zero-order valence-electron chi connectivity index (χ0n) is 11.6. The molecule has 1 aromatic carbocycles. The van der Waals surface area contributed by atoms with E-state index in [1.54, 1.807) is 6.07 Å². The lowest BCUT2D eigenvalue weighted by molar-refractivity contribution is -0.139. The molecule has 0 atom stereocenters. The molecule has 0 radical (unpaired) electrons. The van der Waals surface area contributed by atoms with Gasteiger partial charge in [-0.2, -0.15) is 5.10 Å². The minimum absolute atomic E-state index is 0.0300. The van der Waals surface area contributed by atoms with Crippen molar-refractivity contribution in [2.75, 3.05) is 13.7 Å². The van der Waals surface area contributed by atoms with Crippen molar-refractivity contribution in [1.82, 2.24) is 10.7 Å². The summed E-state index contributed by atoms with van der Waals surface area (Å²) < 4.78 is 5.41. The van der Waals surface area contributed by atoms with Gasteiger partial charge in [0.2, 0.25) is 0 Å². The first kappa shape index (κ1) is 17.0. The fourth-order valence-electron chi connectivity index (χ4n) is 1.36. The number of hydrogen-bond acceptors (Lipinski definition) is 5. The van der Waals surface area contributed by atoms with E-state index >= 15 is 0 Å². The summed E-state index contributed by atoms with van der Waals surface area (Å²) in [6.07, 6.45) is 2.07. The van der Waals surface area contributed by atoms with Crippen molar-refractivity contribution in [3.63, 3.8) is 0 Å². The highest BCUT2D eigenvalue weighted by atomic mass is 79.9. The number of rotatable bonds is 5. The molecule has 8 heteroatoms. The van der Waals surface area contributed by atoms with E-state index in [-0.39, 0.29) is 11.5 Å². The zero-order chi connectivity index (χ0) is 15.8. The van der Waals surface area contributed by atoms with Gasteiger partial charge in [0.05, 0.1) is 17.8 Å². The summed E-state index contributed by atoms with van der Waals surface area (Å²) in [5.74, 6) is -1.35. The lowest BCUT2D eigenvalue weighted by Gasteiger charge is -2.06. The molecule has 0 saturated heterocycles. The summed E-state index contributed by atoms with van der Waals surface area (Å²) in [6.45, 7) is 2.31. The van der Waals surface area contributed by atoms with Crippen molar-refractivity contribution in [2.45, 2.75) is 13.3 Å². The molecule has 21 heavy (non-hydrogen) atoms. The van der Waals surface area contributed by atoms with Crippen molar-refractivity contribution >= 4 is 34.0 Å². The third-order valence-corrected chi connectivity index (χ3v) is 3.00. The number of amides is 2. The van der Waals surface area contributed by atoms with Crippen LogP contribution in [0.25, 0.3) is 0 Å². The lowest BCUT2D eigenvalue weighted by Crippen LogP contribution is -2.38. The van der Waals surface area contributed by atoms with Gasteiger partial charge in [-0.05, 0) is 40.0 Å². The first-order chi connectivity index (χ1) is 9.99. The largest absolute Gasteiger partial charge is 0.503 e. The second-order valence-electron chi connectivity index (χ2n) is 4.01. The normalized spacial score (nSPS) is 10.4. The highest BCUT2D eigenvalue weighted by Gasteiger charge is 2.11. The SMILES string of the molecule is CCCNC(=O)C(=O)N/N=C\c1cc(Br)c(O)c(OC)c1. The van der Waals surface area contributed by atoms with Crippen molar-refractivity contribution in [3.05, 3.63) is 22.2 Å². The maximum absolute atomic E-state index is 11.4. The average molecular weight is 358 g/mol. The quantitative estimate of drug-likeness (QED) is 0.418. The molecule has 0 aromatic heterocycles. The second kappa shape index (κ2) is 8.25. The number of nitrogens with one attached hydrogen (secondary N) is 2. The Labute approximate surface area is 130 Å². The molecule has 0 saturated carbocycles. The van der Waals surface area contributed by atoms with Crippen LogP contribution >= 0.6 is 15.9 Å². The molecule has 3 N–H and O–H groups in total. The molecule has 0 unspecified atom stereocenters. The number of ether oxygens (including phenoxy) is 1. The van der Waals surface area contributed by atoms with Gasteiger partial charge in [-0.3, -0.25) is 9.59 Å². The molecule has 114 valence electrons. The van der Waals surface area contributed by atoms with Crippen molar-refractivity contribution in [3.8, 4) is 11.5 Å². The number of carbonyl (C=O) groups is 2. The second-order valence-corrected chi connectivity index (χ2v) is 4.86. The van der Waals surface area contributed by atoms with Crippen molar-refractivity contribution in [2.24, 2.45) is 5.10 Å². The van der Waals surface area contributed by atoms with Crippen LogP contribution in [0.2, 0.25) is 0 Å². The van der Waals surface area contributed by atoms with Crippen LogP contribution in [0, 0.1) is 0 Å². The molecular formula is C13H16BrN3O4. The van der Waals surface area contributed by atoms with Gasteiger partial charge in [0.1, 0.15) is 0 Å². The summed E-state index contributed by atoms with van der Waals surface area (Å²) in [6, 6.07) is 3.12. The van der Waals surface area contributed by atoms with Crippen LogP contribution in [0.4, 0.5) is 0 Å². The molecule has 2 amide bonds. The molecule has 0 aliphatic carbocycles. The maximum atomic E-state index is 11.4. The Hall–Kier alpha value is -2.09. The van der Waals surface area contributed by atoms with Gasteiger partial charge in [0.25, 0.3) is 0 Å². The van der Waals surface area contributed by atoms with E-state index in [1.165, 1.54) is 19.4 Å². The Bertz CT molecular complexity index is 561. The number of aromatic hydroxyl groups is 1. The number of methoxy groups -OCH3 is 1. The van der Waals surface area contributed by atoms with Crippen LogP contribution < -0.4 is 15.5 Å². The summed E-state index contributed by atoms with van der Waals surface area (Å²) in [7, 11) is 1.42. The standard InChI is InChI=1S/C13H16BrN3O4/c1-3-4-15-12(19)13(20)17-16-7-8-5-9(14)11(18)10(6-8)21-2/h5-7,18H,3-4H2,1-2H3,(H,15,19)(H,17,20)/b16-7-. The van der Waals surface area contributed by atoms with E-state index in [9.17, 15) is 14.7 Å². The molecule has 1 aromatic rings. The molecular weight excluding hydrogens is 342 g/mol. The molecule has 0 fully saturated rings. The van der Waals surface area contributed by atoms with Gasteiger partial charge in [-0.1, -0.05) is 6.92 Å². The third kappa shape index (κ3) is 5.07. The molecule has 0 aliphatic rings. The van der Waals surface area contributed by atoms with Crippen LogP contribution in [0.3, 0.4) is 0 Å². The molecule has 0 aliphatic heterocycles. The van der Waals surface area contributed by atoms with Gasteiger partial charge < -0.3 is 15.2 Å². The molecule has 1 rings (SSSR count). The van der Waals surface area contributed by atoms with Crippen LogP contribution in [0.15, 0.2) is 21.7 Å². The Morgan fingerprint density at radius 1 is 1.43 bits per heavy atom. The summed E-state index contributed by atoms with van der Waals surface area (Å²) in [5, 5.41) is 15.8. The number of phenolic OH excluding ortho intramolecular Hbond substituents is 1. The predicted molar refractivity (Wildman–Crippen MR) is 81.4 cm³/mol. The van der Waals surface area contributed by atoms with Crippen molar-refractivity contribution in [1.29, 1.82) is 0 Å². The van der Waals surface area contributed by atoms with Crippen LogP contribution in [0.5, 0.6) is 11.5 Å². The minimum Gasteiger partial charge on any atom is -0.503 e. The fraction of sp³-hybridized carbons (Fsp3) is 0.308. The van der Waals surface area contributed by atoms with Crippen LogP contribution in [0.1, 0.15) is 18.9 Å². The number of halogens is 1. The van der Waals surface area contributed by atoms with Crippen LogP contribution in [-0.4, -0.2) is 36.8 Å². The molecule has 0 bridgehead atoms. The average Bonchev–Trinajstić information content (AvgIpc) is 2.47. The maximum Gasteiger partial charge on any atom is 0.329 e. The van der Waals surface area contributed by atoms with Gasteiger partial charge in [-0.15, -0.1) is 0 Å². The van der Waals surface area contributed by atoms with Crippen LogP contribution in [-0.2, 0) is 9.59 Å². The smallest absolute Gasteiger partial charge is 0.329 e. The summed E-state index contributed by atoms with van der Waals surface area (Å²) in [4.78, 5) is 22.7. The first-order valence-corrected chi connectivity index (χ1v) is 6.96. The number of nitrogens with zero attached hydrogens (tertiary/aromatic N) is 1. The first-order valence-electron chi connectivity index (χ1n) is 6.17. The third-order valence-electron chi connectivity index (χ3n) is 2.39. The minimum atomic E-state index is -0.843. The monoisotopic (exact) mass is 357 g/mol. The Balaban J connectivity index is 2.67. The predicted octanol–water partition coefficient (Wildman–Crippen LogP) is 1.14. The molecule has 7 nitrogen and oxygen atoms in total. The van der Waals surface area contributed by atoms with E-state index in [0.29, 0.717) is 16.6 Å². The van der Waals surface area contributed by atoms with Gasteiger partial charge in [0, 0.05) is 6.54 Å². The number of hydrazone groups is 1. The molecule has 0 spiro atoms. The van der Waals surface area contributed by atoms with E-state index in [1.807, 2.05) is 6.92 Å². The summed E-state index contributed by atoms with van der Waals surface area (Å²) in [5.41, 5.74) is 2.69. The lowest BCUT2D eigenvalue weighted by atomic mass is 10.2. The number of benzene rings is 1. The van der Waals surface area contributed by atoms with E-state index in [4.69, 9.17) is 4.74 Å². The van der Waals surface area contributed by atoms with E-state index < -0.39 is 11.8 Å². The van der Waals surface area contributed by atoms with Gasteiger partial charge in [0.15, 0.2) is 11.5 Å². The van der Waals surface area contributed by atoms with E-state index in [2.05, 4.69) is 31.8 Å². The Kier molecular flexibility index (Phi) is 6.67. The van der Waals surface area contributed by atoms with Crippen molar-refractivity contribution < 1.29 is 19.4 Å². The fourth-order valence-corrected chi connectivity index (χ4v) is 1.82. The van der Waals surface area contributed by atoms with Gasteiger partial charge >= 0.3 is 11.8 Å². The van der Waals surface area contributed by atoms with Gasteiger partial charge in [-0.25, -0.2) is 5.43 Å². The zero-order valence-corrected chi connectivity index (χ0v) is 13.2. The summed E-state index contributed by atoms with van der Waals surface area (Å²) >= 11 is 3.17.